The lowest BCUT2D eigenvalue weighted by Crippen LogP contribution is -2.06. The minimum absolute atomic E-state index is 0.125. The largest absolute Gasteiger partial charge is 0.463 e. The first-order valence-corrected chi connectivity index (χ1v) is 15.3. The molecule has 0 fully saturated rings. The third-order valence-corrected chi connectivity index (χ3v) is 6.69. The number of aromatic nitrogens is 3. The fourth-order valence-electron chi connectivity index (χ4n) is 4.30. The molecular formula is C29H54ClN3O2. The second-order valence-electron chi connectivity index (χ2n) is 9.94. The number of nitrogens with zero attached hydrogens (tertiary/aromatic N) is 3. The van der Waals surface area contributed by atoms with Crippen molar-refractivity contribution in [2.45, 2.75) is 155 Å². The minimum Gasteiger partial charge on any atom is -0.463 e. The van der Waals surface area contributed by atoms with Crippen molar-refractivity contribution >= 4 is 11.6 Å². The summed E-state index contributed by atoms with van der Waals surface area (Å²) in [4.78, 5) is 12.4. The molecule has 0 unspecified atom stereocenters. The van der Waals surface area contributed by atoms with Gasteiger partial charge in [-0.15, -0.1) is 4.98 Å². The number of hydrogen-bond acceptors (Lipinski definition) is 5. The van der Waals surface area contributed by atoms with Gasteiger partial charge in [0.1, 0.15) is 0 Å². The van der Waals surface area contributed by atoms with Crippen molar-refractivity contribution in [1.29, 1.82) is 0 Å². The molecule has 1 aromatic heterocycles. The van der Waals surface area contributed by atoms with Crippen molar-refractivity contribution in [2.75, 3.05) is 13.2 Å². The molecule has 0 saturated heterocycles. The van der Waals surface area contributed by atoms with Gasteiger partial charge in [0.25, 0.3) is 0 Å². The number of hydrogen-bond donors (Lipinski definition) is 0. The Morgan fingerprint density at radius 1 is 0.429 bits per heavy atom. The zero-order chi connectivity index (χ0) is 25.2. The van der Waals surface area contributed by atoms with Crippen LogP contribution in [-0.4, -0.2) is 28.2 Å². The molecule has 0 spiro atoms. The van der Waals surface area contributed by atoms with Crippen LogP contribution >= 0.6 is 11.6 Å². The summed E-state index contributed by atoms with van der Waals surface area (Å²) >= 11 is 6.01. The summed E-state index contributed by atoms with van der Waals surface area (Å²) in [7, 11) is 0. The molecular weight excluding hydrogens is 458 g/mol. The smallest absolute Gasteiger partial charge is 0.323 e. The van der Waals surface area contributed by atoms with Crippen molar-refractivity contribution in [2.24, 2.45) is 0 Å². The van der Waals surface area contributed by atoms with Gasteiger partial charge in [-0.3, -0.25) is 0 Å². The Labute approximate surface area is 221 Å². The van der Waals surface area contributed by atoms with Crippen LogP contribution in [0.4, 0.5) is 0 Å². The lowest BCUT2D eigenvalue weighted by molar-refractivity contribution is 0.252. The Bertz CT molecular complexity index is 589. The molecule has 0 radical (unpaired) electrons. The highest BCUT2D eigenvalue weighted by Crippen LogP contribution is 2.16. The van der Waals surface area contributed by atoms with Crippen molar-refractivity contribution in [3.05, 3.63) is 5.28 Å². The molecule has 35 heavy (non-hydrogen) atoms. The number of rotatable bonds is 26. The SMILES string of the molecule is CCCCCCCCCCCCCCCCCCOc1nc(Cl)nc(OCCCCCCCC)n1. The second-order valence-corrected chi connectivity index (χ2v) is 10.3. The molecule has 0 aliphatic heterocycles. The van der Waals surface area contributed by atoms with Crippen LogP contribution in [0.1, 0.15) is 155 Å². The summed E-state index contributed by atoms with van der Waals surface area (Å²) in [5, 5.41) is 0.125. The van der Waals surface area contributed by atoms with Crippen molar-refractivity contribution in [1.82, 2.24) is 15.0 Å². The van der Waals surface area contributed by atoms with Gasteiger partial charge in [-0.25, -0.2) is 0 Å². The summed E-state index contributed by atoms with van der Waals surface area (Å²) in [6.07, 6.45) is 29.0. The van der Waals surface area contributed by atoms with Crippen LogP contribution in [0.5, 0.6) is 12.0 Å². The number of ether oxygens (including phenoxy) is 2. The molecule has 0 amide bonds. The van der Waals surface area contributed by atoms with Gasteiger partial charge in [0, 0.05) is 0 Å². The number of unbranched alkanes of at least 4 members (excludes halogenated alkanes) is 20. The zero-order valence-electron chi connectivity index (χ0n) is 23.0. The molecule has 0 N–H and O–H groups in total. The first-order valence-electron chi connectivity index (χ1n) is 14.9. The van der Waals surface area contributed by atoms with Gasteiger partial charge in [0.2, 0.25) is 5.28 Å². The average molecular weight is 512 g/mol. The Morgan fingerprint density at radius 3 is 1.03 bits per heavy atom. The Morgan fingerprint density at radius 2 is 0.714 bits per heavy atom. The predicted octanol–water partition coefficient (Wildman–Crippen LogP) is 9.90. The maximum Gasteiger partial charge on any atom is 0.323 e. The third-order valence-electron chi connectivity index (χ3n) is 6.53. The average Bonchev–Trinajstić information content (AvgIpc) is 2.85. The number of halogens is 1. The van der Waals surface area contributed by atoms with Crippen LogP contribution in [-0.2, 0) is 0 Å². The van der Waals surface area contributed by atoms with Gasteiger partial charge in [-0.1, -0.05) is 142 Å². The minimum atomic E-state index is 0.125. The van der Waals surface area contributed by atoms with E-state index in [2.05, 4.69) is 28.8 Å². The highest BCUT2D eigenvalue weighted by atomic mass is 35.5. The lowest BCUT2D eigenvalue weighted by atomic mass is 10.0. The monoisotopic (exact) mass is 511 g/mol. The topological polar surface area (TPSA) is 57.1 Å². The van der Waals surface area contributed by atoms with Crippen LogP contribution in [0.15, 0.2) is 0 Å². The first-order chi connectivity index (χ1) is 17.3. The molecule has 0 saturated carbocycles. The van der Waals surface area contributed by atoms with Crippen molar-refractivity contribution in [3.63, 3.8) is 0 Å². The van der Waals surface area contributed by atoms with Crippen LogP contribution in [0.3, 0.4) is 0 Å². The molecule has 1 aromatic rings. The van der Waals surface area contributed by atoms with Crippen molar-refractivity contribution in [3.8, 4) is 12.0 Å². The predicted molar refractivity (Wildman–Crippen MR) is 149 cm³/mol. The molecule has 0 aliphatic rings. The summed E-state index contributed by atoms with van der Waals surface area (Å²) in [5.74, 6) is 0. The second kappa shape index (κ2) is 24.6. The van der Waals surface area contributed by atoms with Gasteiger partial charge in [0.15, 0.2) is 0 Å². The quantitative estimate of drug-likeness (QED) is 0.116. The van der Waals surface area contributed by atoms with E-state index in [4.69, 9.17) is 21.1 Å². The van der Waals surface area contributed by atoms with Crippen LogP contribution in [0, 0.1) is 0 Å². The van der Waals surface area contributed by atoms with E-state index < -0.39 is 0 Å². The zero-order valence-corrected chi connectivity index (χ0v) is 23.8. The molecule has 204 valence electrons. The van der Waals surface area contributed by atoms with Crippen LogP contribution < -0.4 is 9.47 Å². The maximum absolute atomic E-state index is 6.01. The Hall–Kier alpha value is -1.10. The standard InChI is InChI=1S/C29H54ClN3O2/c1-3-5-7-9-11-12-13-14-15-16-17-18-19-20-22-24-26-35-29-32-27(30)31-28(33-29)34-25-23-21-10-8-6-4-2/h3-26H2,1-2H3. The van der Waals surface area contributed by atoms with Crippen LogP contribution in [0.25, 0.3) is 0 Å². The summed E-state index contributed by atoms with van der Waals surface area (Å²) in [6, 6.07) is 0.532. The Balaban J connectivity index is 1.93. The van der Waals surface area contributed by atoms with E-state index in [0.717, 1.165) is 12.8 Å². The summed E-state index contributed by atoms with van der Waals surface area (Å²) in [6.45, 7) is 5.72. The molecule has 1 heterocycles. The van der Waals surface area contributed by atoms with E-state index >= 15 is 0 Å². The van der Waals surface area contributed by atoms with Gasteiger partial charge < -0.3 is 9.47 Å². The van der Waals surface area contributed by atoms with Gasteiger partial charge in [0.05, 0.1) is 13.2 Å². The van der Waals surface area contributed by atoms with Crippen LogP contribution in [0.2, 0.25) is 5.28 Å². The van der Waals surface area contributed by atoms with E-state index in [1.807, 2.05) is 0 Å². The molecule has 1 rings (SSSR count). The first kappa shape index (κ1) is 31.9. The lowest BCUT2D eigenvalue weighted by Gasteiger charge is -2.08. The van der Waals surface area contributed by atoms with E-state index in [1.165, 1.54) is 128 Å². The van der Waals surface area contributed by atoms with Gasteiger partial charge >= 0.3 is 12.0 Å². The molecule has 6 heteroatoms. The fourth-order valence-corrected chi connectivity index (χ4v) is 4.45. The maximum atomic E-state index is 6.01. The summed E-state index contributed by atoms with van der Waals surface area (Å²) in [5.41, 5.74) is 0. The summed E-state index contributed by atoms with van der Waals surface area (Å²) < 4.78 is 11.3. The molecule has 0 bridgehead atoms. The highest BCUT2D eigenvalue weighted by Gasteiger charge is 2.07. The van der Waals surface area contributed by atoms with E-state index in [9.17, 15) is 0 Å². The van der Waals surface area contributed by atoms with Crippen molar-refractivity contribution < 1.29 is 9.47 Å². The Kier molecular flexibility index (Phi) is 22.4. The van der Waals surface area contributed by atoms with E-state index in [0.29, 0.717) is 13.2 Å². The van der Waals surface area contributed by atoms with E-state index in [1.54, 1.807) is 0 Å². The molecule has 0 aliphatic carbocycles. The fraction of sp³-hybridized carbons (Fsp3) is 0.897. The third kappa shape index (κ3) is 20.8. The highest BCUT2D eigenvalue weighted by molar-refractivity contribution is 6.28. The molecule has 5 nitrogen and oxygen atoms in total. The van der Waals surface area contributed by atoms with E-state index in [-0.39, 0.29) is 17.3 Å². The van der Waals surface area contributed by atoms with Gasteiger partial charge in [-0.05, 0) is 24.4 Å². The molecule has 0 aromatic carbocycles. The van der Waals surface area contributed by atoms with Gasteiger partial charge in [-0.2, -0.15) is 9.97 Å². The molecule has 0 atom stereocenters. The normalized spacial score (nSPS) is 11.2.